The molecule has 1 aliphatic rings. The Bertz CT molecular complexity index is 462. The molecule has 2 unspecified atom stereocenters. The molecule has 2 rings (SSSR count). The van der Waals surface area contributed by atoms with Crippen molar-refractivity contribution >= 4 is 11.4 Å². The number of methoxy groups -OCH3 is 1. The maximum Gasteiger partial charge on any atom is 0.296 e. The Hall–Kier alpha value is -1.78. The fourth-order valence-corrected chi connectivity index (χ4v) is 2.71. The Balaban J connectivity index is 2.08. The van der Waals surface area contributed by atoms with Gasteiger partial charge in [-0.25, -0.2) is 0 Å². The lowest BCUT2D eigenvalue weighted by Crippen LogP contribution is -2.17. The largest absolute Gasteiger partial charge is 0.496 e. The number of nitrogens with zero attached hydrogens (tertiary/aromatic N) is 1. The molecule has 0 radical (unpaired) electrons. The van der Waals surface area contributed by atoms with E-state index in [0.29, 0.717) is 23.3 Å². The first-order chi connectivity index (χ1) is 9.11. The van der Waals surface area contributed by atoms with Gasteiger partial charge < -0.3 is 10.1 Å². The molecule has 0 spiro atoms. The molecule has 1 fully saturated rings. The van der Waals surface area contributed by atoms with Crippen LogP contribution in [0, 0.1) is 22.0 Å². The van der Waals surface area contributed by atoms with Crippen LogP contribution in [0.15, 0.2) is 18.2 Å². The lowest BCUT2D eigenvalue weighted by atomic mass is 9.98. The average Bonchev–Trinajstić information content (AvgIpc) is 2.81. The molecule has 5 nitrogen and oxygen atoms in total. The van der Waals surface area contributed by atoms with Gasteiger partial charge in [0, 0.05) is 6.54 Å². The maximum absolute atomic E-state index is 11.1. The van der Waals surface area contributed by atoms with E-state index in [2.05, 4.69) is 12.2 Å². The Morgan fingerprint density at radius 2 is 2.26 bits per heavy atom. The number of benzene rings is 1. The lowest BCUT2D eigenvalue weighted by molar-refractivity contribution is -0.384. The van der Waals surface area contributed by atoms with Crippen molar-refractivity contribution in [3.63, 3.8) is 0 Å². The summed E-state index contributed by atoms with van der Waals surface area (Å²) < 4.78 is 5.02. The van der Waals surface area contributed by atoms with Crippen LogP contribution in [0.3, 0.4) is 0 Å². The Kier molecular flexibility index (Phi) is 4.24. The highest BCUT2D eigenvalue weighted by Gasteiger charge is 2.24. The van der Waals surface area contributed by atoms with Crippen LogP contribution in [0.1, 0.15) is 26.2 Å². The summed E-state index contributed by atoms with van der Waals surface area (Å²) in [6.45, 7) is 3.05. The van der Waals surface area contributed by atoms with Gasteiger partial charge in [-0.3, -0.25) is 10.1 Å². The van der Waals surface area contributed by atoms with Crippen molar-refractivity contribution in [2.24, 2.45) is 11.8 Å². The molecule has 104 valence electrons. The second-order valence-corrected chi connectivity index (χ2v) is 5.19. The minimum Gasteiger partial charge on any atom is -0.496 e. The number of hydrogen-bond donors (Lipinski definition) is 1. The van der Waals surface area contributed by atoms with Crippen LogP contribution in [-0.4, -0.2) is 18.6 Å². The quantitative estimate of drug-likeness (QED) is 0.653. The molecule has 0 heterocycles. The van der Waals surface area contributed by atoms with E-state index in [1.165, 1.54) is 32.4 Å². The van der Waals surface area contributed by atoms with Gasteiger partial charge in [0.2, 0.25) is 0 Å². The summed E-state index contributed by atoms with van der Waals surface area (Å²) in [7, 11) is 1.51. The van der Waals surface area contributed by atoms with Gasteiger partial charge in [-0.15, -0.1) is 0 Å². The summed E-state index contributed by atoms with van der Waals surface area (Å²) in [5.74, 6) is 1.82. The van der Waals surface area contributed by atoms with Gasteiger partial charge in [0.05, 0.1) is 18.1 Å². The first-order valence-electron chi connectivity index (χ1n) is 6.68. The molecule has 19 heavy (non-hydrogen) atoms. The zero-order chi connectivity index (χ0) is 13.8. The predicted octanol–water partition coefficient (Wildman–Crippen LogP) is 3.45. The Morgan fingerprint density at radius 3 is 2.84 bits per heavy atom. The maximum atomic E-state index is 11.1. The van der Waals surface area contributed by atoms with Crippen molar-refractivity contribution in [2.75, 3.05) is 19.0 Å². The lowest BCUT2D eigenvalue weighted by Gasteiger charge is -2.16. The predicted molar refractivity (Wildman–Crippen MR) is 74.6 cm³/mol. The van der Waals surface area contributed by atoms with Crippen LogP contribution < -0.4 is 10.1 Å². The van der Waals surface area contributed by atoms with E-state index in [9.17, 15) is 10.1 Å². The Morgan fingerprint density at radius 1 is 1.47 bits per heavy atom. The number of rotatable bonds is 5. The molecular formula is C14H20N2O3. The summed E-state index contributed by atoms with van der Waals surface area (Å²) in [5, 5.41) is 14.3. The standard InChI is InChI=1S/C14H20N2O3/c1-10-4-3-5-11(10)9-15-13-7-6-12(19-2)8-14(13)16(17)18/h6-8,10-11,15H,3-5,9H2,1-2H3. The molecule has 1 aromatic carbocycles. The number of nitro groups is 1. The minimum atomic E-state index is -0.372. The van der Waals surface area contributed by atoms with Gasteiger partial charge in [-0.05, 0) is 30.4 Å². The van der Waals surface area contributed by atoms with E-state index >= 15 is 0 Å². The van der Waals surface area contributed by atoms with Gasteiger partial charge in [-0.2, -0.15) is 0 Å². The average molecular weight is 264 g/mol. The summed E-state index contributed by atoms with van der Waals surface area (Å²) >= 11 is 0. The van der Waals surface area contributed by atoms with Gasteiger partial charge in [-0.1, -0.05) is 19.8 Å². The molecule has 2 atom stereocenters. The van der Waals surface area contributed by atoms with Crippen molar-refractivity contribution in [1.82, 2.24) is 0 Å². The molecule has 0 aliphatic heterocycles. The molecule has 5 heteroatoms. The van der Waals surface area contributed by atoms with E-state index in [1.54, 1.807) is 12.1 Å². The molecule has 1 N–H and O–H groups in total. The smallest absolute Gasteiger partial charge is 0.296 e. The molecule has 1 aromatic rings. The topological polar surface area (TPSA) is 64.4 Å². The van der Waals surface area contributed by atoms with Crippen LogP contribution in [0.2, 0.25) is 0 Å². The highest BCUT2D eigenvalue weighted by atomic mass is 16.6. The van der Waals surface area contributed by atoms with Crippen LogP contribution >= 0.6 is 0 Å². The monoisotopic (exact) mass is 264 g/mol. The van der Waals surface area contributed by atoms with E-state index < -0.39 is 0 Å². The SMILES string of the molecule is COc1ccc(NCC2CCCC2C)c([N+](=O)[O-])c1. The Labute approximate surface area is 113 Å². The third-order valence-electron chi connectivity index (χ3n) is 4.00. The molecule has 0 aromatic heterocycles. The van der Waals surface area contributed by atoms with E-state index in [4.69, 9.17) is 4.74 Å². The second kappa shape index (κ2) is 5.91. The van der Waals surface area contributed by atoms with Crippen LogP contribution in [0.5, 0.6) is 5.75 Å². The van der Waals surface area contributed by atoms with Crippen LogP contribution in [-0.2, 0) is 0 Å². The highest BCUT2D eigenvalue weighted by Crippen LogP contribution is 2.33. The van der Waals surface area contributed by atoms with Crippen molar-refractivity contribution in [3.8, 4) is 5.75 Å². The summed E-state index contributed by atoms with van der Waals surface area (Å²) in [6, 6.07) is 4.92. The fourth-order valence-electron chi connectivity index (χ4n) is 2.71. The van der Waals surface area contributed by atoms with Crippen molar-refractivity contribution in [2.45, 2.75) is 26.2 Å². The number of ether oxygens (including phenoxy) is 1. The molecule has 1 aliphatic carbocycles. The van der Waals surface area contributed by atoms with Crippen molar-refractivity contribution in [1.29, 1.82) is 0 Å². The number of anilines is 1. The van der Waals surface area contributed by atoms with Gasteiger partial charge in [0.25, 0.3) is 5.69 Å². The fraction of sp³-hybridized carbons (Fsp3) is 0.571. The molecule has 1 saturated carbocycles. The number of nitro benzene ring substituents is 1. The zero-order valence-corrected chi connectivity index (χ0v) is 11.4. The minimum absolute atomic E-state index is 0.0741. The summed E-state index contributed by atoms with van der Waals surface area (Å²) in [5.41, 5.74) is 0.648. The van der Waals surface area contributed by atoms with E-state index in [1.807, 2.05) is 0 Å². The normalized spacial score (nSPS) is 22.2. The summed E-state index contributed by atoms with van der Waals surface area (Å²) in [6.07, 6.45) is 3.73. The van der Waals surface area contributed by atoms with Crippen molar-refractivity contribution < 1.29 is 9.66 Å². The van der Waals surface area contributed by atoms with Gasteiger partial charge >= 0.3 is 0 Å². The summed E-state index contributed by atoms with van der Waals surface area (Å²) in [4.78, 5) is 10.7. The van der Waals surface area contributed by atoms with Gasteiger partial charge in [0.15, 0.2) is 0 Å². The third kappa shape index (κ3) is 3.16. The molecule has 0 saturated heterocycles. The van der Waals surface area contributed by atoms with Crippen LogP contribution in [0.4, 0.5) is 11.4 Å². The molecule has 0 bridgehead atoms. The number of hydrogen-bond acceptors (Lipinski definition) is 4. The molecular weight excluding hydrogens is 244 g/mol. The van der Waals surface area contributed by atoms with Gasteiger partial charge in [0.1, 0.15) is 11.4 Å². The second-order valence-electron chi connectivity index (χ2n) is 5.19. The first kappa shape index (κ1) is 13.6. The highest BCUT2D eigenvalue weighted by molar-refractivity contribution is 5.63. The van der Waals surface area contributed by atoms with Crippen molar-refractivity contribution in [3.05, 3.63) is 28.3 Å². The van der Waals surface area contributed by atoms with E-state index in [-0.39, 0.29) is 10.6 Å². The third-order valence-corrected chi connectivity index (χ3v) is 4.00. The molecule has 0 amide bonds. The van der Waals surface area contributed by atoms with E-state index in [0.717, 1.165) is 6.54 Å². The van der Waals surface area contributed by atoms with Crippen LogP contribution in [0.25, 0.3) is 0 Å². The first-order valence-corrected chi connectivity index (χ1v) is 6.68. The number of nitrogens with one attached hydrogen (secondary N) is 1. The zero-order valence-electron chi connectivity index (χ0n) is 11.4.